The molecule has 0 spiro atoms. The Morgan fingerprint density at radius 2 is 1.46 bits per heavy atom. The SMILES string of the molecule is CC[C@@H](C)NC(=O)[C@@H](C)N(Cc1ccccc1C)C(=O)CN(c1ccc(C(C)C)cc1)S(=O)(=O)c1ccc(C)cc1. The van der Waals surface area contributed by atoms with Crippen LogP contribution in [0.15, 0.2) is 77.7 Å². The van der Waals surface area contributed by atoms with E-state index < -0.39 is 28.5 Å². The summed E-state index contributed by atoms with van der Waals surface area (Å²) in [6.45, 7) is 13.3. The smallest absolute Gasteiger partial charge is 0.264 e. The predicted octanol–water partition coefficient (Wildman–Crippen LogP) is 5.95. The number of aryl methyl sites for hydroxylation is 2. The monoisotopic (exact) mass is 577 g/mol. The molecule has 0 radical (unpaired) electrons. The Morgan fingerprint density at radius 3 is 2.02 bits per heavy atom. The van der Waals surface area contributed by atoms with Gasteiger partial charge in [0.25, 0.3) is 10.0 Å². The molecule has 1 N–H and O–H groups in total. The molecule has 0 unspecified atom stereocenters. The molecule has 2 amide bonds. The van der Waals surface area contributed by atoms with Crippen LogP contribution in [0.3, 0.4) is 0 Å². The van der Waals surface area contributed by atoms with Crippen LogP contribution in [-0.4, -0.2) is 43.8 Å². The second-order valence-electron chi connectivity index (χ2n) is 11.0. The van der Waals surface area contributed by atoms with E-state index in [0.717, 1.165) is 33.0 Å². The maximum Gasteiger partial charge on any atom is 0.264 e. The molecule has 0 saturated carbocycles. The van der Waals surface area contributed by atoms with Gasteiger partial charge in [0.05, 0.1) is 10.6 Å². The number of hydrogen-bond acceptors (Lipinski definition) is 4. The van der Waals surface area contributed by atoms with E-state index in [4.69, 9.17) is 0 Å². The van der Waals surface area contributed by atoms with Gasteiger partial charge in [0.15, 0.2) is 0 Å². The number of hydrogen-bond donors (Lipinski definition) is 1. The summed E-state index contributed by atoms with van der Waals surface area (Å²) in [5.74, 6) is -0.485. The first-order valence-corrected chi connectivity index (χ1v) is 15.6. The minimum Gasteiger partial charge on any atom is -0.352 e. The minimum atomic E-state index is -4.10. The van der Waals surface area contributed by atoms with Gasteiger partial charge in [-0.3, -0.25) is 13.9 Å². The van der Waals surface area contributed by atoms with Gasteiger partial charge in [-0.15, -0.1) is 0 Å². The summed E-state index contributed by atoms with van der Waals surface area (Å²) in [5, 5.41) is 2.96. The molecule has 0 fully saturated rings. The lowest BCUT2D eigenvalue weighted by Crippen LogP contribution is -2.52. The number of benzene rings is 3. The number of sulfonamides is 1. The summed E-state index contributed by atoms with van der Waals surface area (Å²) >= 11 is 0. The van der Waals surface area contributed by atoms with Gasteiger partial charge in [-0.1, -0.05) is 74.9 Å². The second kappa shape index (κ2) is 13.8. The van der Waals surface area contributed by atoms with E-state index in [1.807, 2.05) is 64.1 Å². The van der Waals surface area contributed by atoms with Crippen LogP contribution in [-0.2, 0) is 26.2 Å². The highest BCUT2D eigenvalue weighted by Gasteiger charge is 2.33. The standard InChI is InChI=1S/C33H43N3O4S/c1-8-26(6)34-33(38)27(7)35(21-29-12-10-9-11-25(29)5)32(37)22-36(30-17-15-28(16-18-30)23(2)3)41(39,40)31-19-13-24(4)14-20-31/h9-20,23,26-27H,8,21-22H2,1-7H3,(H,34,38)/t26-,27-/m1/s1. The third-order valence-electron chi connectivity index (χ3n) is 7.51. The molecule has 0 bridgehead atoms. The topological polar surface area (TPSA) is 86.8 Å². The van der Waals surface area contributed by atoms with E-state index >= 15 is 0 Å². The molecule has 3 rings (SSSR count). The highest BCUT2D eigenvalue weighted by Crippen LogP contribution is 2.27. The van der Waals surface area contributed by atoms with Gasteiger partial charge >= 0.3 is 0 Å². The van der Waals surface area contributed by atoms with Crippen LogP contribution in [0.2, 0.25) is 0 Å². The van der Waals surface area contributed by atoms with Crippen molar-refractivity contribution in [3.05, 3.63) is 95.1 Å². The summed E-state index contributed by atoms with van der Waals surface area (Å²) in [7, 11) is -4.10. The summed E-state index contributed by atoms with van der Waals surface area (Å²) in [6, 6.07) is 20.6. The van der Waals surface area contributed by atoms with Crippen molar-refractivity contribution in [2.45, 2.75) is 84.3 Å². The molecule has 0 aromatic heterocycles. The normalized spacial score (nSPS) is 13.0. The lowest BCUT2D eigenvalue weighted by Gasteiger charge is -2.33. The van der Waals surface area contributed by atoms with E-state index in [2.05, 4.69) is 19.2 Å². The molecule has 0 heterocycles. The van der Waals surface area contributed by atoms with Crippen molar-refractivity contribution in [3.8, 4) is 0 Å². The largest absolute Gasteiger partial charge is 0.352 e. The van der Waals surface area contributed by atoms with Crippen molar-refractivity contribution in [2.75, 3.05) is 10.8 Å². The third kappa shape index (κ3) is 7.97. The van der Waals surface area contributed by atoms with Crippen LogP contribution in [0.5, 0.6) is 0 Å². The number of carbonyl (C=O) groups is 2. The summed E-state index contributed by atoms with van der Waals surface area (Å²) < 4.78 is 29.1. The molecule has 3 aromatic rings. The number of rotatable bonds is 12. The maximum absolute atomic E-state index is 14.1. The van der Waals surface area contributed by atoms with Gasteiger partial charge in [-0.2, -0.15) is 0 Å². The quantitative estimate of drug-likeness (QED) is 0.288. The van der Waals surface area contributed by atoms with Crippen molar-refractivity contribution >= 4 is 27.5 Å². The van der Waals surface area contributed by atoms with E-state index in [9.17, 15) is 18.0 Å². The van der Waals surface area contributed by atoms with Crippen LogP contribution in [0.1, 0.15) is 69.2 Å². The molecule has 2 atom stereocenters. The van der Waals surface area contributed by atoms with Crippen LogP contribution in [0, 0.1) is 13.8 Å². The Kier molecular flexibility index (Phi) is 10.7. The Balaban J connectivity index is 2.05. The average molecular weight is 578 g/mol. The molecular formula is C33H43N3O4S. The van der Waals surface area contributed by atoms with Gasteiger partial charge in [-0.25, -0.2) is 8.42 Å². The summed E-state index contributed by atoms with van der Waals surface area (Å²) in [6.07, 6.45) is 0.749. The number of nitrogens with one attached hydrogen (secondary N) is 1. The van der Waals surface area contributed by atoms with Crippen LogP contribution < -0.4 is 9.62 Å². The number of carbonyl (C=O) groups excluding carboxylic acids is 2. The molecule has 0 aliphatic heterocycles. The van der Waals surface area contributed by atoms with Gasteiger partial charge in [0, 0.05) is 12.6 Å². The summed E-state index contributed by atoms with van der Waals surface area (Å²) in [5.41, 5.74) is 4.24. The third-order valence-corrected chi connectivity index (χ3v) is 9.29. The van der Waals surface area contributed by atoms with Gasteiger partial charge in [0.1, 0.15) is 12.6 Å². The molecule has 0 aliphatic rings. The summed E-state index contributed by atoms with van der Waals surface area (Å²) in [4.78, 5) is 28.9. The lowest BCUT2D eigenvalue weighted by molar-refractivity contribution is -0.139. The van der Waals surface area contributed by atoms with Gasteiger partial charge in [-0.05, 0) is 81.0 Å². The fourth-order valence-electron chi connectivity index (χ4n) is 4.41. The van der Waals surface area contributed by atoms with Crippen molar-refractivity contribution in [1.82, 2.24) is 10.2 Å². The lowest BCUT2D eigenvalue weighted by atomic mass is 10.0. The molecular weight excluding hydrogens is 534 g/mol. The Labute approximate surface area is 245 Å². The van der Waals surface area contributed by atoms with Gasteiger partial charge in [0.2, 0.25) is 11.8 Å². The van der Waals surface area contributed by atoms with Crippen molar-refractivity contribution in [3.63, 3.8) is 0 Å². The van der Waals surface area contributed by atoms with Gasteiger partial charge < -0.3 is 10.2 Å². The van der Waals surface area contributed by atoms with E-state index in [0.29, 0.717) is 5.69 Å². The second-order valence-corrected chi connectivity index (χ2v) is 12.9. The van der Waals surface area contributed by atoms with Crippen molar-refractivity contribution in [2.24, 2.45) is 0 Å². The minimum absolute atomic E-state index is 0.0572. The fourth-order valence-corrected chi connectivity index (χ4v) is 5.82. The Morgan fingerprint density at radius 1 is 0.854 bits per heavy atom. The molecule has 3 aromatic carbocycles. The zero-order valence-electron chi connectivity index (χ0n) is 25.2. The number of amides is 2. The molecule has 7 nitrogen and oxygen atoms in total. The maximum atomic E-state index is 14.1. The van der Waals surface area contributed by atoms with Crippen molar-refractivity contribution in [1.29, 1.82) is 0 Å². The highest BCUT2D eigenvalue weighted by atomic mass is 32.2. The van der Waals surface area contributed by atoms with E-state index in [1.165, 1.54) is 4.90 Å². The Bertz CT molecular complexity index is 1430. The number of nitrogens with zero attached hydrogens (tertiary/aromatic N) is 2. The first kappa shape index (κ1) is 31.9. The highest BCUT2D eigenvalue weighted by molar-refractivity contribution is 7.92. The first-order valence-electron chi connectivity index (χ1n) is 14.2. The molecule has 0 aliphatic carbocycles. The number of anilines is 1. The fraction of sp³-hybridized carbons (Fsp3) is 0.394. The predicted molar refractivity (Wildman–Crippen MR) is 165 cm³/mol. The molecule has 8 heteroatoms. The molecule has 0 saturated heterocycles. The zero-order chi connectivity index (χ0) is 30.3. The van der Waals surface area contributed by atoms with Crippen molar-refractivity contribution < 1.29 is 18.0 Å². The first-order chi connectivity index (χ1) is 19.3. The van der Waals surface area contributed by atoms with E-state index in [-0.39, 0.29) is 29.3 Å². The Hall–Kier alpha value is -3.65. The van der Waals surface area contributed by atoms with Crippen LogP contribution >= 0.6 is 0 Å². The molecule has 220 valence electrons. The average Bonchev–Trinajstić information content (AvgIpc) is 2.95. The van der Waals surface area contributed by atoms with Crippen LogP contribution in [0.4, 0.5) is 5.69 Å². The van der Waals surface area contributed by atoms with E-state index in [1.54, 1.807) is 43.3 Å². The van der Waals surface area contributed by atoms with Crippen LogP contribution in [0.25, 0.3) is 0 Å². The zero-order valence-corrected chi connectivity index (χ0v) is 26.0. The molecule has 41 heavy (non-hydrogen) atoms.